The number of hydrogen-bond donors (Lipinski definition) is 0. The highest BCUT2D eigenvalue weighted by Gasteiger charge is 2.10. The first-order chi connectivity index (χ1) is 8.06. The molecule has 1 atom stereocenters. The summed E-state index contributed by atoms with van der Waals surface area (Å²) in [6.45, 7) is 6.40. The molecular weight excluding hydrogens is 255 g/mol. The van der Waals surface area contributed by atoms with Gasteiger partial charge < -0.3 is 0 Å². The summed E-state index contributed by atoms with van der Waals surface area (Å²) in [4.78, 5) is 2.20. The maximum Gasteiger partial charge on any atom is 0.0666 e. The van der Waals surface area contributed by atoms with Crippen LogP contribution in [0.1, 0.15) is 19.4 Å². The maximum atomic E-state index is 8.82. The van der Waals surface area contributed by atoms with E-state index in [0.717, 1.165) is 25.2 Å². The highest BCUT2D eigenvalue weighted by Crippen LogP contribution is 2.22. The Hall–Kier alpha value is -0.750. The van der Waals surface area contributed by atoms with E-state index in [1.165, 1.54) is 0 Å². The molecule has 0 spiro atoms. The first kappa shape index (κ1) is 14.3. The Morgan fingerprint density at radius 2 is 2.12 bits per heavy atom. The van der Waals surface area contributed by atoms with Gasteiger partial charge in [0.2, 0.25) is 0 Å². The fourth-order valence-electron chi connectivity index (χ4n) is 1.62. The first-order valence-electron chi connectivity index (χ1n) is 5.62. The minimum absolute atomic E-state index is 0.0287. The summed E-state index contributed by atoms with van der Waals surface area (Å²) >= 11 is 12.0. The summed E-state index contributed by atoms with van der Waals surface area (Å²) in [6.07, 6.45) is 0. The van der Waals surface area contributed by atoms with E-state index < -0.39 is 0 Å². The molecule has 0 aromatic heterocycles. The van der Waals surface area contributed by atoms with E-state index in [2.05, 4.69) is 17.9 Å². The van der Waals surface area contributed by atoms with Crippen LogP contribution in [0, 0.1) is 17.2 Å². The normalized spacial score (nSPS) is 12.5. The zero-order chi connectivity index (χ0) is 12.8. The lowest BCUT2D eigenvalue weighted by molar-refractivity contribution is 0.260. The van der Waals surface area contributed by atoms with Crippen LogP contribution in [-0.4, -0.2) is 18.0 Å². The highest BCUT2D eigenvalue weighted by molar-refractivity contribution is 6.35. The third-order valence-electron chi connectivity index (χ3n) is 2.61. The Morgan fingerprint density at radius 3 is 2.65 bits per heavy atom. The van der Waals surface area contributed by atoms with Gasteiger partial charge in [-0.2, -0.15) is 5.26 Å². The molecule has 17 heavy (non-hydrogen) atoms. The van der Waals surface area contributed by atoms with Crippen LogP contribution in [0.5, 0.6) is 0 Å². The molecule has 0 saturated carbocycles. The van der Waals surface area contributed by atoms with Crippen LogP contribution in [0.4, 0.5) is 0 Å². The molecule has 2 nitrogen and oxygen atoms in total. The summed E-state index contributed by atoms with van der Waals surface area (Å²) in [6, 6.07) is 7.77. The zero-order valence-corrected chi connectivity index (χ0v) is 11.6. The van der Waals surface area contributed by atoms with Gasteiger partial charge in [-0.1, -0.05) is 36.2 Å². The van der Waals surface area contributed by atoms with E-state index in [1.54, 1.807) is 6.07 Å². The zero-order valence-electron chi connectivity index (χ0n) is 10.1. The van der Waals surface area contributed by atoms with Crippen LogP contribution in [0.25, 0.3) is 0 Å². The first-order valence-corrected chi connectivity index (χ1v) is 6.38. The third kappa shape index (κ3) is 4.55. The van der Waals surface area contributed by atoms with Gasteiger partial charge in [-0.25, -0.2) is 0 Å². The predicted octanol–water partition coefficient (Wildman–Crippen LogP) is 3.97. The molecule has 4 heteroatoms. The van der Waals surface area contributed by atoms with Crippen molar-refractivity contribution in [1.29, 1.82) is 5.26 Å². The minimum Gasteiger partial charge on any atom is -0.298 e. The van der Waals surface area contributed by atoms with Crippen molar-refractivity contribution in [2.75, 3.05) is 13.1 Å². The standard InChI is InChI=1S/C13H16Cl2N2/c1-3-17(8-10(2)7-16)9-11-4-5-12(14)6-13(11)15/h4-6,10H,3,8-9H2,1-2H3. The summed E-state index contributed by atoms with van der Waals surface area (Å²) in [5.74, 6) is 0.0287. The highest BCUT2D eigenvalue weighted by atomic mass is 35.5. The second-order valence-corrected chi connectivity index (χ2v) is 4.94. The van der Waals surface area contributed by atoms with Crippen LogP contribution in [0.3, 0.4) is 0 Å². The van der Waals surface area contributed by atoms with Crippen LogP contribution in [0.2, 0.25) is 10.0 Å². The molecular formula is C13H16Cl2N2. The topological polar surface area (TPSA) is 27.0 Å². The van der Waals surface area contributed by atoms with Crippen LogP contribution >= 0.6 is 23.2 Å². The van der Waals surface area contributed by atoms with E-state index in [9.17, 15) is 0 Å². The Balaban J connectivity index is 2.71. The summed E-state index contributed by atoms with van der Waals surface area (Å²) in [5.41, 5.74) is 1.04. The van der Waals surface area contributed by atoms with E-state index in [4.69, 9.17) is 28.5 Å². The van der Waals surface area contributed by atoms with Crippen molar-refractivity contribution in [2.45, 2.75) is 20.4 Å². The number of halogens is 2. The minimum atomic E-state index is 0.0287. The number of nitriles is 1. The summed E-state index contributed by atoms with van der Waals surface area (Å²) < 4.78 is 0. The number of rotatable bonds is 5. The van der Waals surface area contributed by atoms with Gasteiger partial charge in [-0.3, -0.25) is 4.90 Å². The average molecular weight is 271 g/mol. The van der Waals surface area contributed by atoms with E-state index in [-0.39, 0.29) is 5.92 Å². The molecule has 0 fully saturated rings. The Kier molecular flexibility index (Phi) is 5.77. The average Bonchev–Trinajstić information content (AvgIpc) is 2.31. The van der Waals surface area contributed by atoms with E-state index in [1.807, 2.05) is 19.1 Å². The lowest BCUT2D eigenvalue weighted by atomic mass is 10.1. The van der Waals surface area contributed by atoms with Gasteiger partial charge in [-0.15, -0.1) is 0 Å². The van der Waals surface area contributed by atoms with Crippen molar-refractivity contribution in [3.8, 4) is 6.07 Å². The maximum absolute atomic E-state index is 8.82. The molecule has 0 radical (unpaired) electrons. The molecule has 1 aromatic rings. The van der Waals surface area contributed by atoms with Gasteiger partial charge in [0.15, 0.2) is 0 Å². The predicted molar refractivity (Wildman–Crippen MR) is 72.2 cm³/mol. The fourth-order valence-corrected chi connectivity index (χ4v) is 2.09. The van der Waals surface area contributed by atoms with E-state index in [0.29, 0.717) is 10.0 Å². The molecule has 0 heterocycles. The third-order valence-corrected chi connectivity index (χ3v) is 3.20. The SMILES string of the molecule is CCN(Cc1ccc(Cl)cc1Cl)CC(C)C#N. The fraction of sp³-hybridized carbons (Fsp3) is 0.462. The molecule has 1 aromatic carbocycles. The lowest BCUT2D eigenvalue weighted by Crippen LogP contribution is -2.27. The van der Waals surface area contributed by atoms with Gasteiger partial charge in [-0.05, 0) is 31.2 Å². The molecule has 1 rings (SSSR count). The van der Waals surface area contributed by atoms with Crippen molar-refractivity contribution >= 4 is 23.2 Å². The molecule has 1 unspecified atom stereocenters. The number of benzene rings is 1. The molecule has 0 aliphatic carbocycles. The molecule has 0 aliphatic heterocycles. The van der Waals surface area contributed by atoms with E-state index >= 15 is 0 Å². The van der Waals surface area contributed by atoms with Gasteiger partial charge in [0.25, 0.3) is 0 Å². The Labute approximate surface area is 113 Å². The molecule has 0 aliphatic rings. The van der Waals surface area contributed by atoms with Gasteiger partial charge in [0.1, 0.15) is 0 Å². The Bertz CT molecular complexity index is 412. The van der Waals surface area contributed by atoms with Crippen LogP contribution in [-0.2, 0) is 6.54 Å². The van der Waals surface area contributed by atoms with Gasteiger partial charge in [0, 0.05) is 23.1 Å². The van der Waals surface area contributed by atoms with Crippen molar-refractivity contribution < 1.29 is 0 Å². The van der Waals surface area contributed by atoms with Crippen LogP contribution in [0.15, 0.2) is 18.2 Å². The van der Waals surface area contributed by atoms with Crippen molar-refractivity contribution in [3.63, 3.8) is 0 Å². The second kappa shape index (κ2) is 6.86. The smallest absolute Gasteiger partial charge is 0.0666 e. The summed E-state index contributed by atoms with van der Waals surface area (Å²) in [7, 11) is 0. The van der Waals surface area contributed by atoms with Crippen molar-refractivity contribution in [2.24, 2.45) is 5.92 Å². The molecule has 92 valence electrons. The summed E-state index contributed by atoms with van der Waals surface area (Å²) in [5, 5.41) is 10.1. The molecule has 0 saturated heterocycles. The quantitative estimate of drug-likeness (QED) is 0.810. The number of hydrogen-bond acceptors (Lipinski definition) is 2. The number of nitrogens with zero attached hydrogens (tertiary/aromatic N) is 2. The molecule has 0 amide bonds. The second-order valence-electron chi connectivity index (χ2n) is 4.09. The lowest BCUT2D eigenvalue weighted by Gasteiger charge is -2.22. The van der Waals surface area contributed by atoms with Crippen LogP contribution < -0.4 is 0 Å². The van der Waals surface area contributed by atoms with Crippen molar-refractivity contribution in [3.05, 3.63) is 33.8 Å². The molecule has 0 bridgehead atoms. The molecule has 0 N–H and O–H groups in total. The van der Waals surface area contributed by atoms with Crippen molar-refractivity contribution in [1.82, 2.24) is 4.90 Å². The Morgan fingerprint density at radius 1 is 1.41 bits per heavy atom. The largest absolute Gasteiger partial charge is 0.298 e. The van der Waals surface area contributed by atoms with Gasteiger partial charge in [0.05, 0.1) is 12.0 Å². The monoisotopic (exact) mass is 270 g/mol. The van der Waals surface area contributed by atoms with Gasteiger partial charge >= 0.3 is 0 Å².